The van der Waals surface area contributed by atoms with Gasteiger partial charge < -0.3 is 14.0 Å². The molecule has 1 unspecified atom stereocenters. The predicted molar refractivity (Wildman–Crippen MR) is 78.4 cm³/mol. The van der Waals surface area contributed by atoms with Crippen LogP contribution < -0.4 is 4.90 Å². The highest BCUT2D eigenvalue weighted by atomic mass is 32.2. The molecule has 2 aromatic rings. The Morgan fingerprint density at radius 2 is 2.04 bits per heavy atom. The lowest BCUT2D eigenvalue weighted by Crippen LogP contribution is -2.30. The number of rotatable bonds is 2. The molecule has 23 heavy (non-hydrogen) atoms. The van der Waals surface area contributed by atoms with Crippen molar-refractivity contribution in [2.75, 3.05) is 23.9 Å². The second-order valence-electron chi connectivity index (χ2n) is 5.35. The summed E-state index contributed by atoms with van der Waals surface area (Å²) in [5, 5.41) is 3.80. The Bertz CT molecular complexity index is 791. The molecule has 2 fully saturated rings. The predicted octanol–water partition coefficient (Wildman–Crippen LogP) is 3.21. The molecule has 1 aromatic heterocycles. The van der Waals surface area contributed by atoms with Crippen molar-refractivity contribution in [3.8, 4) is 0 Å². The van der Waals surface area contributed by atoms with Crippen molar-refractivity contribution in [1.82, 2.24) is 5.16 Å². The molecule has 122 valence electrons. The lowest BCUT2D eigenvalue weighted by molar-refractivity contribution is -0.0467. The van der Waals surface area contributed by atoms with E-state index >= 15 is 0 Å². The fourth-order valence-electron chi connectivity index (χ4n) is 2.72. The summed E-state index contributed by atoms with van der Waals surface area (Å²) in [6, 6.07) is 1.26. The van der Waals surface area contributed by atoms with Gasteiger partial charge in [0.2, 0.25) is 11.4 Å². The second kappa shape index (κ2) is 5.43. The minimum Gasteiger partial charge on any atom is -0.351 e. The minimum atomic E-state index is -1.16. The standard InChI is InChI=1S/C14H12F2N2O4S/c1-6-5-23-14(19)18(6)12-8-4-7(13-20-2-3-21-13)9(15)10(16)11(8)22-17-12/h4,6,13H,2-3,5H2,1H3. The van der Waals surface area contributed by atoms with Gasteiger partial charge >= 0.3 is 0 Å². The van der Waals surface area contributed by atoms with Gasteiger partial charge in [-0.1, -0.05) is 16.9 Å². The van der Waals surface area contributed by atoms with Crippen LogP contribution in [-0.4, -0.2) is 35.4 Å². The number of carbonyl (C=O) groups excluding carboxylic acids is 1. The number of nitrogens with zero attached hydrogens (tertiary/aromatic N) is 2. The third-order valence-corrected chi connectivity index (χ3v) is 4.94. The molecule has 0 N–H and O–H groups in total. The van der Waals surface area contributed by atoms with E-state index in [-0.39, 0.29) is 33.6 Å². The van der Waals surface area contributed by atoms with Gasteiger partial charge in [-0.05, 0) is 13.0 Å². The molecule has 1 atom stereocenters. The van der Waals surface area contributed by atoms with Gasteiger partial charge in [0.1, 0.15) is 0 Å². The Morgan fingerprint density at radius 3 is 2.70 bits per heavy atom. The summed E-state index contributed by atoms with van der Waals surface area (Å²) in [4.78, 5) is 13.4. The maximum Gasteiger partial charge on any atom is 0.287 e. The number of anilines is 1. The molecule has 2 aliphatic heterocycles. The van der Waals surface area contributed by atoms with E-state index in [9.17, 15) is 13.6 Å². The first-order valence-electron chi connectivity index (χ1n) is 7.04. The van der Waals surface area contributed by atoms with Crippen molar-refractivity contribution in [3.05, 3.63) is 23.3 Å². The van der Waals surface area contributed by atoms with Crippen LogP contribution in [0.1, 0.15) is 18.8 Å². The summed E-state index contributed by atoms with van der Waals surface area (Å²) in [7, 11) is 0. The maximum absolute atomic E-state index is 14.3. The summed E-state index contributed by atoms with van der Waals surface area (Å²) < 4.78 is 43.9. The largest absolute Gasteiger partial charge is 0.351 e. The molecule has 0 bridgehead atoms. The molecular formula is C14H12F2N2O4S. The summed E-state index contributed by atoms with van der Waals surface area (Å²) in [6.45, 7) is 2.46. The second-order valence-corrected chi connectivity index (χ2v) is 6.32. The van der Waals surface area contributed by atoms with E-state index in [1.807, 2.05) is 6.92 Å². The van der Waals surface area contributed by atoms with Crippen molar-refractivity contribution >= 4 is 33.8 Å². The van der Waals surface area contributed by atoms with E-state index in [0.29, 0.717) is 19.0 Å². The van der Waals surface area contributed by atoms with E-state index in [0.717, 1.165) is 11.8 Å². The van der Waals surface area contributed by atoms with Gasteiger partial charge in [-0.25, -0.2) is 4.39 Å². The number of thioether (sulfide) groups is 1. The monoisotopic (exact) mass is 342 g/mol. The Kier molecular flexibility index (Phi) is 3.51. The van der Waals surface area contributed by atoms with E-state index < -0.39 is 17.9 Å². The molecule has 0 spiro atoms. The van der Waals surface area contributed by atoms with Gasteiger partial charge in [-0.15, -0.1) is 0 Å². The summed E-state index contributed by atoms with van der Waals surface area (Å²) in [5.41, 5.74) is -0.389. The Balaban J connectivity index is 1.89. The van der Waals surface area contributed by atoms with Crippen molar-refractivity contribution < 1.29 is 27.6 Å². The average molecular weight is 342 g/mol. The first kappa shape index (κ1) is 14.9. The van der Waals surface area contributed by atoms with Crippen LogP contribution in [-0.2, 0) is 9.47 Å². The number of benzene rings is 1. The molecular weight excluding hydrogens is 330 g/mol. The first-order valence-corrected chi connectivity index (χ1v) is 8.03. The van der Waals surface area contributed by atoms with Gasteiger partial charge in [0.25, 0.3) is 5.24 Å². The fourth-order valence-corrected chi connectivity index (χ4v) is 3.66. The zero-order chi connectivity index (χ0) is 16.1. The van der Waals surface area contributed by atoms with E-state index in [4.69, 9.17) is 14.0 Å². The Labute approximate surface area is 133 Å². The molecule has 0 radical (unpaired) electrons. The molecule has 1 aromatic carbocycles. The van der Waals surface area contributed by atoms with Crippen LogP contribution in [0.4, 0.5) is 19.4 Å². The Morgan fingerprint density at radius 1 is 1.30 bits per heavy atom. The fraction of sp³-hybridized carbons (Fsp3) is 0.429. The lowest BCUT2D eigenvalue weighted by Gasteiger charge is -2.17. The van der Waals surface area contributed by atoms with Gasteiger partial charge in [0.15, 0.2) is 17.9 Å². The number of hydrogen-bond donors (Lipinski definition) is 0. The smallest absolute Gasteiger partial charge is 0.287 e. The number of amides is 1. The summed E-state index contributed by atoms with van der Waals surface area (Å²) in [5.74, 6) is -1.48. The van der Waals surface area contributed by atoms with Crippen LogP contribution in [0.25, 0.3) is 11.0 Å². The molecule has 1 amide bonds. The first-order chi connectivity index (χ1) is 11.1. The summed E-state index contributed by atoms with van der Waals surface area (Å²) in [6.07, 6.45) is -0.974. The van der Waals surface area contributed by atoms with Crippen molar-refractivity contribution in [3.63, 3.8) is 0 Å². The highest BCUT2D eigenvalue weighted by molar-refractivity contribution is 8.14. The Hall–Kier alpha value is -1.71. The minimum absolute atomic E-state index is 0.0658. The average Bonchev–Trinajstić information content (AvgIpc) is 3.24. The lowest BCUT2D eigenvalue weighted by atomic mass is 10.1. The molecule has 2 aliphatic rings. The van der Waals surface area contributed by atoms with Crippen molar-refractivity contribution in [2.45, 2.75) is 19.3 Å². The zero-order valence-corrected chi connectivity index (χ0v) is 12.9. The molecule has 6 nitrogen and oxygen atoms in total. The van der Waals surface area contributed by atoms with Gasteiger partial charge in [0.05, 0.1) is 18.6 Å². The van der Waals surface area contributed by atoms with Crippen molar-refractivity contribution in [1.29, 1.82) is 0 Å². The van der Waals surface area contributed by atoms with Crippen LogP contribution in [0.5, 0.6) is 0 Å². The highest BCUT2D eigenvalue weighted by Crippen LogP contribution is 2.38. The zero-order valence-electron chi connectivity index (χ0n) is 12.0. The SMILES string of the molecule is CC1CSC(=O)N1c1noc2c(F)c(F)c(C3OCCO3)cc12. The van der Waals surface area contributed by atoms with Crippen LogP contribution in [0.2, 0.25) is 0 Å². The van der Waals surface area contributed by atoms with Crippen LogP contribution in [0.3, 0.4) is 0 Å². The van der Waals surface area contributed by atoms with Crippen LogP contribution >= 0.6 is 11.8 Å². The third-order valence-electron chi connectivity index (χ3n) is 3.84. The number of halogens is 2. The molecule has 4 rings (SSSR count). The van der Waals surface area contributed by atoms with Crippen LogP contribution in [0, 0.1) is 11.6 Å². The number of hydrogen-bond acceptors (Lipinski definition) is 6. The number of carbonyl (C=O) groups is 1. The third kappa shape index (κ3) is 2.22. The van der Waals surface area contributed by atoms with E-state index in [1.54, 1.807) is 0 Å². The molecule has 2 saturated heterocycles. The maximum atomic E-state index is 14.3. The quantitative estimate of drug-likeness (QED) is 0.835. The van der Waals surface area contributed by atoms with Crippen LogP contribution in [0.15, 0.2) is 10.6 Å². The highest BCUT2D eigenvalue weighted by Gasteiger charge is 2.35. The summed E-state index contributed by atoms with van der Waals surface area (Å²) >= 11 is 1.15. The molecule has 9 heteroatoms. The molecule has 0 aliphatic carbocycles. The van der Waals surface area contributed by atoms with Gasteiger partial charge in [0, 0.05) is 17.4 Å². The number of aromatic nitrogens is 1. The topological polar surface area (TPSA) is 64.8 Å². The van der Waals surface area contributed by atoms with E-state index in [2.05, 4.69) is 5.16 Å². The molecule has 0 saturated carbocycles. The van der Waals surface area contributed by atoms with E-state index in [1.165, 1.54) is 11.0 Å². The number of ether oxygens (including phenoxy) is 2. The molecule has 3 heterocycles. The normalized spacial score (nSPS) is 22.7. The van der Waals surface area contributed by atoms with Gasteiger partial charge in [-0.3, -0.25) is 9.69 Å². The number of fused-ring (bicyclic) bond motifs is 1. The van der Waals surface area contributed by atoms with Gasteiger partial charge in [-0.2, -0.15) is 4.39 Å². The van der Waals surface area contributed by atoms with Crippen molar-refractivity contribution in [2.24, 2.45) is 0 Å².